The summed E-state index contributed by atoms with van der Waals surface area (Å²) in [6.07, 6.45) is 1.56. The van der Waals surface area contributed by atoms with Crippen molar-refractivity contribution in [1.82, 2.24) is 8.87 Å². The van der Waals surface area contributed by atoms with Crippen molar-refractivity contribution in [3.05, 3.63) is 47.8 Å². The number of anilines is 1. The Morgan fingerprint density at radius 2 is 1.67 bits per heavy atom. The van der Waals surface area contributed by atoms with Gasteiger partial charge in [0.15, 0.2) is 11.6 Å². The molecule has 1 aromatic heterocycles. The van der Waals surface area contributed by atoms with Crippen LogP contribution in [0.15, 0.2) is 35.4 Å². The van der Waals surface area contributed by atoms with Gasteiger partial charge in [0.25, 0.3) is 5.91 Å². The molecule has 0 fully saturated rings. The second kappa shape index (κ2) is 12.8. The first-order chi connectivity index (χ1) is 17.1. The Morgan fingerprint density at radius 3 is 2.25 bits per heavy atom. The molecular weight excluding hydrogens is 490 g/mol. The highest BCUT2D eigenvalue weighted by molar-refractivity contribution is 7.89. The zero-order chi connectivity index (χ0) is 26.9. The van der Waals surface area contributed by atoms with Crippen molar-refractivity contribution < 1.29 is 22.0 Å². The molecule has 1 heterocycles. The molecule has 0 saturated heterocycles. The molecule has 0 aliphatic rings. The summed E-state index contributed by atoms with van der Waals surface area (Å²) >= 11 is 0. The minimum Gasteiger partial charge on any atom is -0.341 e. The number of halogens is 2. The second-order valence-corrected chi connectivity index (χ2v) is 9.80. The molecule has 190 valence electrons. The molecule has 0 aliphatic carbocycles. The van der Waals surface area contributed by atoms with Crippen molar-refractivity contribution in [2.75, 3.05) is 18.0 Å². The van der Waals surface area contributed by atoms with Gasteiger partial charge in [0.1, 0.15) is 10.6 Å². The van der Waals surface area contributed by atoms with Gasteiger partial charge in [-0.2, -0.15) is 20.1 Å². The van der Waals surface area contributed by atoms with E-state index in [1.54, 1.807) is 6.92 Å². The molecule has 1 aromatic carbocycles. The standard InChI is InChI=1S/C24H26F2N6O3S/c1-3-18(2)32(14-6-11-29)36(34,35)20-16-23(30(17-20)12-4-9-27)24(33)31(13-5-10-28)19-7-8-21(25)22(26)15-19/h7-8,15-18H,3-6,12-14H2,1-2H3/t18-/m1/s1. The van der Waals surface area contributed by atoms with Gasteiger partial charge in [0.05, 0.1) is 31.0 Å². The van der Waals surface area contributed by atoms with Crippen molar-refractivity contribution in [2.24, 2.45) is 0 Å². The predicted octanol–water partition coefficient (Wildman–Crippen LogP) is 3.94. The lowest BCUT2D eigenvalue weighted by molar-refractivity contribution is 0.0978. The fourth-order valence-corrected chi connectivity index (χ4v) is 5.28. The number of aryl methyl sites for hydroxylation is 1. The highest BCUT2D eigenvalue weighted by atomic mass is 32.2. The Kier molecular flexibility index (Phi) is 10.1. The molecule has 12 heteroatoms. The fraction of sp³-hybridized carbons (Fsp3) is 0.417. The summed E-state index contributed by atoms with van der Waals surface area (Å²) in [5, 5.41) is 27.0. The zero-order valence-electron chi connectivity index (χ0n) is 20.0. The first-order valence-corrected chi connectivity index (χ1v) is 12.7. The fourth-order valence-electron chi connectivity index (χ4n) is 3.54. The number of sulfonamides is 1. The van der Waals surface area contributed by atoms with Crippen molar-refractivity contribution >= 4 is 21.6 Å². The average Bonchev–Trinajstić information content (AvgIpc) is 3.30. The Balaban J connectivity index is 2.61. The third kappa shape index (κ3) is 6.45. The van der Waals surface area contributed by atoms with E-state index in [1.807, 2.05) is 25.1 Å². The molecule has 0 aliphatic heterocycles. The van der Waals surface area contributed by atoms with E-state index >= 15 is 0 Å². The Hall–Kier alpha value is -3.79. The minimum atomic E-state index is -4.12. The topological polar surface area (TPSA) is 134 Å². The maximum Gasteiger partial charge on any atom is 0.274 e. The Morgan fingerprint density at radius 1 is 1.03 bits per heavy atom. The van der Waals surface area contributed by atoms with Gasteiger partial charge in [0, 0.05) is 50.0 Å². The molecule has 0 radical (unpaired) electrons. The quantitative estimate of drug-likeness (QED) is 0.419. The van der Waals surface area contributed by atoms with E-state index in [4.69, 9.17) is 15.8 Å². The molecule has 36 heavy (non-hydrogen) atoms. The molecule has 0 saturated carbocycles. The van der Waals surface area contributed by atoms with Crippen molar-refractivity contribution in [2.45, 2.75) is 57.0 Å². The Labute approximate surface area is 209 Å². The van der Waals surface area contributed by atoms with Crippen molar-refractivity contribution in [3.63, 3.8) is 0 Å². The summed E-state index contributed by atoms with van der Waals surface area (Å²) in [5.74, 6) is -3.05. The smallest absolute Gasteiger partial charge is 0.274 e. The van der Waals surface area contributed by atoms with Crippen molar-refractivity contribution in [3.8, 4) is 18.2 Å². The summed E-state index contributed by atoms with van der Waals surface area (Å²) < 4.78 is 56.8. The number of carbonyl (C=O) groups is 1. The number of hydrogen-bond acceptors (Lipinski definition) is 6. The highest BCUT2D eigenvalue weighted by Crippen LogP contribution is 2.26. The van der Waals surface area contributed by atoms with Gasteiger partial charge in [-0.3, -0.25) is 4.79 Å². The van der Waals surface area contributed by atoms with Gasteiger partial charge in [0.2, 0.25) is 10.0 Å². The van der Waals surface area contributed by atoms with Gasteiger partial charge >= 0.3 is 0 Å². The molecule has 0 unspecified atom stereocenters. The number of nitriles is 3. The largest absolute Gasteiger partial charge is 0.341 e. The molecule has 0 N–H and O–H groups in total. The second-order valence-electron chi connectivity index (χ2n) is 7.91. The van der Waals surface area contributed by atoms with Gasteiger partial charge in [-0.15, -0.1) is 0 Å². The van der Waals surface area contributed by atoms with Crippen LogP contribution >= 0.6 is 0 Å². The first kappa shape index (κ1) is 28.4. The number of nitrogens with zero attached hydrogens (tertiary/aromatic N) is 6. The van der Waals surface area contributed by atoms with E-state index < -0.39 is 33.6 Å². The molecule has 1 amide bonds. The van der Waals surface area contributed by atoms with E-state index in [9.17, 15) is 22.0 Å². The van der Waals surface area contributed by atoms with Gasteiger partial charge < -0.3 is 9.47 Å². The van der Waals surface area contributed by atoms with Crippen LogP contribution in [0.1, 0.15) is 50.0 Å². The first-order valence-electron chi connectivity index (χ1n) is 11.2. The zero-order valence-corrected chi connectivity index (χ0v) is 20.8. The summed E-state index contributed by atoms with van der Waals surface area (Å²) in [4.78, 5) is 14.4. The molecule has 1 atom stereocenters. The molecular formula is C24H26F2N6O3S. The van der Waals surface area contributed by atoms with Gasteiger partial charge in [-0.25, -0.2) is 17.2 Å². The number of rotatable bonds is 12. The lowest BCUT2D eigenvalue weighted by Crippen LogP contribution is -2.38. The van der Waals surface area contributed by atoms with E-state index in [2.05, 4.69) is 0 Å². The minimum absolute atomic E-state index is 0.00150. The van der Waals surface area contributed by atoms with Crippen LogP contribution in [0, 0.1) is 45.6 Å². The number of benzene rings is 1. The summed E-state index contributed by atoms with van der Waals surface area (Å²) in [5.41, 5.74) is -0.113. The normalized spacial score (nSPS) is 11.9. The number of hydrogen-bond donors (Lipinski definition) is 0. The molecule has 9 nitrogen and oxygen atoms in total. The number of amides is 1. The van der Waals surface area contributed by atoms with Crippen LogP contribution < -0.4 is 4.90 Å². The Bertz CT molecular complexity index is 1320. The van der Waals surface area contributed by atoms with Crippen LogP contribution in [-0.4, -0.2) is 42.3 Å². The van der Waals surface area contributed by atoms with Crippen LogP contribution in [-0.2, 0) is 16.6 Å². The van der Waals surface area contributed by atoms with E-state index in [0.29, 0.717) is 6.42 Å². The highest BCUT2D eigenvalue weighted by Gasteiger charge is 2.32. The summed E-state index contributed by atoms with van der Waals surface area (Å²) in [7, 11) is -4.12. The lowest BCUT2D eigenvalue weighted by atomic mass is 10.2. The maximum absolute atomic E-state index is 13.9. The summed E-state index contributed by atoms with van der Waals surface area (Å²) in [6.45, 7) is 3.32. The molecule has 0 bridgehead atoms. The average molecular weight is 517 g/mol. The molecule has 2 rings (SSSR count). The molecule has 0 spiro atoms. The van der Waals surface area contributed by atoms with Gasteiger partial charge in [-0.05, 0) is 31.5 Å². The summed E-state index contributed by atoms with van der Waals surface area (Å²) in [6, 6.07) is 9.36. The van der Waals surface area contributed by atoms with E-state index in [1.165, 1.54) is 21.1 Å². The third-order valence-electron chi connectivity index (χ3n) is 5.60. The number of aromatic nitrogens is 1. The van der Waals surface area contributed by atoms with Crippen molar-refractivity contribution in [1.29, 1.82) is 15.8 Å². The SMILES string of the molecule is CC[C@@H](C)N(CCC#N)S(=O)(=O)c1cc(C(=O)N(CCC#N)c2ccc(F)c(F)c2)n(CCC#N)c1. The monoisotopic (exact) mass is 516 g/mol. The predicted molar refractivity (Wildman–Crippen MR) is 127 cm³/mol. The van der Waals surface area contributed by atoms with Crippen LogP contribution in [0.5, 0.6) is 0 Å². The third-order valence-corrected chi connectivity index (χ3v) is 7.57. The van der Waals surface area contributed by atoms with Crippen LogP contribution in [0.3, 0.4) is 0 Å². The number of carbonyl (C=O) groups excluding carboxylic acids is 1. The van der Waals surface area contributed by atoms with E-state index in [0.717, 1.165) is 23.1 Å². The van der Waals surface area contributed by atoms with E-state index in [-0.39, 0.29) is 55.2 Å². The maximum atomic E-state index is 13.9. The molecule has 2 aromatic rings. The van der Waals surface area contributed by atoms with Crippen LogP contribution in [0.2, 0.25) is 0 Å². The van der Waals surface area contributed by atoms with Crippen LogP contribution in [0.25, 0.3) is 0 Å². The van der Waals surface area contributed by atoms with Crippen LogP contribution in [0.4, 0.5) is 14.5 Å². The lowest BCUT2D eigenvalue weighted by Gasteiger charge is -2.26. The van der Waals surface area contributed by atoms with Gasteiger partial charge in [-0.1, -0.05) is 6.92 Å².